The summed E-state index contributed by atoms with van der Waals surface area (Å²) in [5.74, 6) is 0.138. The molecular weight excluding hydrogens is 1190 g/mol. The number of aliphatic hydroxyl groups excluding tert-OH is 11. The van der Waals surface area contributed by atoms with Crippen molar-refractivity contribution in [2.75, 3.05) is 33.5 Å². The van der Waals surface area contributed by atoms with Crippen LogP contribution in [-0.2, 0) is 76.2 Å². The fourth-order valence-corrected chi connectivity index (χ4v) is 17.8. The first-order chi connectivity index (χ1) is 41.3. The zero-order chi connectivity index (χ0) is 64.1. The van der Waals surface area contributed by atoms with Gasteiger partial charge in [-0.3, -0.25) is 9.35 Å². The van der Waals surface area contributed by atoms with Crippen LogP contribution in [0.5, 0.6) is 0 Å². The number of carbonyl (C=O) groups is 1. The third-order valence-electron chi connectivity index (χ3n) is 22.1. The number of cyclic esters (lactones) is 1. The second kappa shape index (κ2) is 25.9. The van der Waals surface area contributed by atoms with Crippen molar-refractivity contribution in [2.24, 2.45) is 39.4 Å². The van der Waals surface area contributed by atoms with Crippen molar-refractivity contribution in [2.45, 2.75) is 266 Å². The van der Waals surface area contributed by atoms with Gasteiger partial charge in [0.1, 0.15) is 109 Å². The highest BCUT2D eigenvalue weighted by Crippen LogP contribution is 2.76. The molecule has 9 fully saturated rings. The van der Waals surface area contributed by atoms with Crippen molar-refractivity contribution >= 4 is 16.4 Å². The Morgan fingerprint density at radius 1 is 0.648 bits per heavy atom. The predicted octanol–water partition coefficient (Wildman–Crippen LogP) is -1.10. The molecule has 28 nitrogen and oxygen atoms in total. The summed E-state index contributed by atoms with van der Waals surface area (Å²) in [4.78, 5) is 14.5. The summed E-state index contributed by atoms with van der Waals surface area (Å²) >= 11 is 0. The van der Waals surface area contributed by atoms with Gasteiger partial charge in [0.15, 0.2) is 31.5 Å². The van der Waals surface area contributed by atoms with E-state index in [2.05, 4.69) is 60.6 Å². The number of hydrogen-bond donors (Lipinski definition) is 12. The summed E-state index contributed by atoms with van der Waals surface area (Å²) in [7, 11) is -4.08. The number of esters is 1. The first-order valence-electron chi connectivity index (χ1n) is 30.9. The Hall–Kier alpha value is -2.06. The molecule has 12 N–H and O–H groups in total. The lowest BCUT2D eigenvalue weighted by Gasteiger charge is -2.64. The van der Waals surface area contributed by atoms with E-state index in [9.17, 15) is 73.9 Å². The second-order valence-corrected chi connectivity index (χ2v) is 28.7. The van der Waals surface area contributed by atoms with Crippen LogP contribution in [0.2, 0.25) is 0 Å². The van der Waals surface area contributed by atoms with Crippen LogP contribution in [-0.4, -0.2) is 262 Å². The lowest BCUT2D eigenvalue weighted by atomic mass is 9.41. The van der Waals surface area contributed by atoms with Crippen LogP contribution in [0.1, 0.15) is 113 Å². The molecule has 0 bridgehead atoms. The van der Waals surface area contributed by atoms with E-state index < -0.39 is 206 Å². The van der Waals surface area contributed by atoms with E-state index in [4.69, 9.17) is 61.0 Å². The number of carbonyl (C=O) groups excluding carboxylic acids is 1. The Labute approximate surface area is 512 Å². The van der Waals surface area contributed by atoms with Gasteiger partial charge in [0.05, 0.1) is 44.1 Å². The van der Waals surface area contributed by atoms with Crippen LogP contribution < -0.4 is 0 Å². The Kier molecular flexibility index (Phi) is 20.3. The molecule has 504 valence electrons. The van der Waals surface area contributed by atoms with Crippen molar-refractivity contribution in [1.82, 2.24) is 0 Å². The van der Waals surface area contributed by atoms with Crippen LogP contribution in [0.4, 0.5) is 0 Å². The average Bonchev–Trinajstić information content (AvgIpc) is 1.45. The normalized spacial score (nSPS) is 51.1. The molecule has 6 aliphatic heterocycles. The third-order valence-corrected chi connectivity index (χ3v) is 22.5. The lowest BCUT2D eigenvalue weighted by molar-refractivity contribution is -0.403. The number of hydrogen-bond acceptors (Lipinski definition) is 27. The van der Waals surface area contributed by atoms with Gasteiger partial charge in [-0.25, -0.2) is 4.18 Å². The fourth-order valence-electron chi connectivity index (χ4n) is 17.3. The first-order valence-corrected chi connectivity index (χ1v) is 32.2. The van der Waals surface area contributed by atoms with E-state index in [0.717, 1.165) is 32.1 Å². The molecule has 0 radical (unpaired) electrons. The minimum absolute atomic E-state index is 0.00570. The molecule has 0 aromatic carbocycles. The van der Waals surface area contributed by atoms with Crippen LogP contribution in [0.3, 0.4) is 0 Å². The van der Waals surface area contributed by atoms with Crippen molar-refractivity contribution in [3.8, 4) is 0 Å². The third kappa shape index (κ3) is 12.0. The number of ether oxygens (including phenoxy) is 12. The largest absolute Gasteiger partial charge is 0.459 e. The monoisotopic (exact) mass is 1280 g/mol. The van der Waals surface area contributed by atoms with E-state index in [0.29, 0.717) is 25.7 Å². The summed E-state index contributed by atoms with van der Waals surface area (Å²) in [6.07, 6.45) is -29.8. The van der Waals surface area contributed by atoms with Crippen LogP contribution in [0.15, 0.2) is 23.3 Å². The Morgan fingerprint density at radius 3 is 1.89 bits per heavy atom. The first kappa shape index (κ1) is 68.8. The van der Waals surface area contributed by atoms with E-state index in [-0.39, 0.29) is 29.1 Å². The maximum atomic E-state index is 14.5. The predicted molar refractivity (Wildman–Crippen MR) is 297 cm³/mol. The van der Waals surface area contributed by atoms with E-state index in [1.54, 1.807) is 0 Å². The van der Waals surface area contributed by atoms with Gasteiger partial charge in [-0.05, 0) is 108 Å². The Balaban J connectivity index is 0.904. The highest BCUT2D eigenvalue weighted by molar-refractivity contribution is 7.80. The Bertz CT molecular complexity index is 2630. The molecule has 4 aliphatic carbocycles. The van der Waals surface area contributed by atoms with Crippen molar-refractivity contribution in [3.63, 3.8) is 0 Å². The number of fused-ring (bicyclic) bond motifs is 4. The molecule has 10 rings (SSSR count). The van der Waals surface area contributed by atoms with Crippen LogP contribution >= 0.6 is 0 Å². The molecule has 2 unspecified atom stereocenters. The number of methoxy groups -OCH3 is 1. The van der Waals surface area contributed by atoms with Crippen molar-refractivity contribution in [1.29, 1.82) is 0 Å². The van der Waals surface area contributed by atoms with Gasteiger partial charge in [0, 0.05) is 18.4 Å². The van der Waals surface area contributed by atoms with Crippen LogP contribution in [0.25, 0.3) is 0 Å². The van der Waals surface area contributed by atoms with E-state index in [1.807, 2.05) is 0 Å². The quantitative estimate of drug-likeness (QED) is 0.0440. The van der Waals surface area contributed by atoms with E-state index in [1.165, 1.54) is 25.2 Å². The number of allylic oxidation sites excluding steroid dienone is 4. The number of aliphatic hydroxyl groups is 11. The lowest BCUT2D eigenvalue weighted by Crippen LogP contribution is -2.68. The van der Waals surface area contributed by atoms with E-state index >= 15 is 0 Å². The van der Waals surface area contributed by atoms with Gasteiger partial charge in [-0.2, -0.15) is 8.42 Å². The Morgan fingerprint density at radius 2 is 1.25 bits per heavy atom. The van der Waals surface area contributed by atoms with Gasteiger partial charge in [0.2, 0.25) is 0 Å². The van der Waals surface area contributed by atoms with Crippen molar-refractivity contribution in [3.05, 3.63) is 23.3 Å². The maximum absolute atomic E-state index is 14.5. The molecule has 88 heavy (non-hydrogen) atoms. The summed E-state index contributed by atoms with van der Waals surface area (Å²) in [5.41, 5.74) is 0.0322. The van der Waals surface area contributed by atoms with Gasteiger partial charge < -0.3 is 113 Å². The SMILES string of the molecule is CO[C@@H]1[C@@H](O)[C@H](O[C@@H]2[C@@H](O)[C@H](O[C@H]3[C@H](O)[C@@H](O[C@@H]4OC[C@@H](O)[C@H](O)[C@H]4O)[C@H](O[C@H]4[C@H](OC5CC[C@@]6(C)C(CC=C7[C@@H]6CC[C@]68C(=O)O[C@@](C)(CCC=C(C)C)[C@H]6CC[C@@]78C)C5(C)C)OC[C@@H](OS(=O)(=O)O)[C@@H]4O)O[C@@H]3C)O[C@H](CO)[C@H]2O)O[C@H](CO)[C@H]1O. The standard InChI is InChI=1S/C59H94O28S/c1-25(2)11-10-17-58(8)34-15-19-57(7)28-12-13-33-55(4,5)35(16-18-56(33,6)27(28)14-20-59(34,57)54(71)86-58)81-52-47(39(66)32(24-77-52)87-88(72,73)74)85-53-48(84-49-40(67)36(63)29(62)23-76-49)41(68)44(26(3)78-53)82-51-43(70)46(38(65)31(22-61)80-51)83-50-42(69)45(75-9)37(64)30(21-60)79-50/h11-12,26-27,29-53,60-70H,10,13-24H2,1-9H3,(H,72,73,74)/t26-,27+,29-,30-,31-,32-,33?,34-,35?,36+,37-,38-,39+,40-,41+,42-,43-,44-,45+,46+,47-,48-,49+,50+,51+,52+,53+,56-,57+,58+,59-/m1/s1. The van der Waals surface area contributed by atoms with Crippen LogP contribution in [0, 0.1) is 39.4 Å². The fraction of sp³-hybridized carbons (Fsp3) is 0.915. The molecule has 1 spiro atoms. The van der Waals surface area contributed by atoms with Gasteiger partial charge in [-0.15, -0.1) is 0 Å². The average molecular weight is 1280 g/mol. The molecular formula is C59H94O28S. The molecule has 31 atom stereocenters. The maximum Gasteiger partial charge on any atom is 0.397 e. The zero-order valence-corrected chi connectivity index (χ0v) is 52.1. The molecule has 29 heteroatoms. The van der Waals surface area contributed by atoms with Gasteiger partial charge >= 0.3 is 16.4 Å². The molecule has 0 aromatic heterocycles. The summed E-state index contributed by atoms with van der Waals surface area (Å²) in [5, 5.41) is 122. The minimum atomic E-state index is -5.25. The van der Waals surface area contributed by atoms with Gasteiger partial charge in [-0.1, -0.05) is 51.0 Å². The molecule has 0 amide bonds. The molecule has 3 saturated carbocycles. The summed E-state index contributed by atoms with van der Waals surface area (Å²) < 4.78 is 112. The molecule has 6 heterocycles. The topological polar surface area (TPSA) is 414 Å². The van der Waals surface area contributed by atoms with Crippen molar-refractivity contribution < 1.29 is 135 Å². The van der Waals surface area contributed by atoms with Gasteiger partial charge in [0.25, 0.3) is 0 Å². The molecule has 0 aromatic rings. The molecule has 10 aliphatic rings. The smallest absolute Gasteiger partial charge is 0.397 e. The number of rotatable bonds is 18. The summed E-state index contributed by atoms with van der Waals surface area (Å²) in [6.45, 7) is 13.6. The highest BCUT2D eigenvalue weighted by atomic mass is 32.3. The molecule has 6 saturated heterocycles. The minimum Gasteiger partial charge on any atom is -0.459 e. The second-order valence-electron chi connectivity index (χ2n) is 27.7. The zero-order valence-electron chi connectivity index (χ0n) is 51.2. The summed E-state index contributed by atoms with van der Waals surface area (Å²) in [6, 6.07) is 0. The highest BCUT2D eigenvalue weighted by Gasteiger charge is 2.76.